The topological polar surface area (TPSA) is 71.9 Å². The van der Waals surface area contributed by atoms with Crippen LogP contribution in [0.15, 0.2) is 48.8 Å². The van der Waals surface area contributed by atoms with Gasteiger partial charge in [0.15, 0.2) is 5.82 Å². The standard InChI is InChI=1S/C24H23N5O/c1-14-11-18(23-26-13-20-22(28-23)15(2)10-17(4)27-20)6-7-21(14)29(5)24(30)19-8-9-25-16(3)12-19/h6-13H,1-5H3. The molecular weight excluding hydrogens is 374 g/mol. The van der Waals surface area contributed by atoms with Crippen LogP contribution in [0.4, 0.5) is 5.69 Å². The van der Waals surface area contributed by atoms with Gasteiger partial charge in [-0.1, -0.05) is 0 Å². The summed E-state index contributed by atoms with van der Waals surface area (Å²) in [6.45, 7) is 7.85. The van der Waals surface area contributed by atoms with Crippen molar-refractivity contribution in [3.8, 4) is 11.4 Å². The van der Waals surface area contributed by atoms with Gasteiger partial charge in [0, 0.05) is 41.4 Å². The summed E-state index contributed by atoms with van der Waals surface area (Å²) in [6.07, 6.45) is 3.42. The van der Waals surface area contributed by atoms with Crippen molar-refractivity contribution in [2.24, 2.45) is 0 Å². The van der Waals surface area contributed by atoms with E-state index in [1.54, 1.807) is 36.5 Å². The van der Waals surface area contributed by atoms with Crippen molar-refractivity contribution >= 4 is 22.6 Å². The molecule has 1 amide bonds. The Kier molecular flexibility index (Phi) is 4.99. The summed E-state index contributed by atoms with van der Waals surface area (Å²) in [6, 6.07) is 11.4. The fourth-order valence-electron chi connectivity index (χ4n) is 3.64. The van der Waals surface area contributed by atoms with Crippen molar-refractivity contribution in [1.29, 1.82) is 0 Å². The zero-order valence-electron chi connectivity index (χ0n) is 17.8. The minimum Gasteiger partial charge on any atom is -0.311 e. The maximum atomic E-state index is 12.9. The summed E-state index contributed by atoms with van der Waals surface area (Å²) in [5.41, 5.74) is 7.82. The molecule has 0 atom stereocenters. The van der Waals surface area contributed by atoms with Gasteiger partial charge in [0.2, 0.25) is 0 Å². The molecule has 0 N–H and O–H groups in total. The van der Waals surface area contributed by atoms with Gasteiger partial charge in [-0.15, -0.1) is 0 Å². The lowest BCUT2D eigenvalue weighted by Gasteiger charge is -2.20. The number of rotatable bonds is 3. The van der Waals surface area contributed by atoms with Crippen LogP contribution in [0.5, 0.6) is 0 Å². The van der Waals surface area contributed by atoms with E-state index in [0.29, 0.717) is 11.4 Å². The van der Waals surface area contributed by atoms with Crippen LogP contribution >= 0.6 is 0 Å². The molecule has 6 nitrogen and oxygen atoms in total. The highest BCUT2D eigenvalue weighted by Gasteiger charge is 2.17. The second-order valence-corrected chi connectivity index (χ2v) is 7.56. The van der Waals surface area contributed by atoms with Gasteiger partial charge in [-0.3, -0.25) is 9.78 Å². The second kappa shape index (κ2) is 7.63. The molecule has 0 saturated carbocycles. The summed E-state index contributed by atoms with van der Waals surface area (Å²) in [5.74, 6) is 0.569. The third kappa shape index (κ3) is 3.64. The van der Waals surface area contributed by atoms with Gasteiger partial charge in [-0.2, -0.15) is 0 Å². The molecule has 0 fully saturated rings. The number of pyridine rings is 2. The summed E-state index contributed by atoms with van der Waals surface area (Å²) in [7, 11) is 1.78. The number of amides is 1. The number of benzene rings is 1. The van der Waals surface area contributed by atoms with Crippen LogP contribution in [0.2, 0.25) is 0 Å². The van der Waals surface area contributed by atoms with Crippen LogP contribution in [0.1, 0.15) is 32.9 Å². The smallest absolute Gasteiger partial charge is 0.258 e. The number of aryl methyl sites for hydroxylation is 4. The van der Waals surface area contributed by atoms with Gasteiger partial charge in [0.05, 0.1) is 11.7 Å². The molecule has 1 aromatic carbocycles. The first-order valence-corrected chi connectivity index (χ1v) is 9.76. The minimum atomic E-state index is -0.0737. The Bertz CT molecular complexity index is 1280. The Morgan fingerprint density at radius 3 is 2.40 bits per heavy atom. The Morgan fingerprint density at radius 2 is 1.67 bits per heavy atom. The van der Waals surface area contributed by atoms with E-state index in [2.05, 4.69) is 15.0 Å². The average molecular weight is 397 g/mol. The Hall–Kier alpha value is -3.67. The summed E-state index contributed by atoms with van der Waals surface area (Å²) in [4.78, 5) is 32.4. The predicted molar refractivity (Wildman–Crippen MR) is 119 cm³/mol. The molecular formula is C24H23N5O. The number of aromatic nitrogens is 4. The lowest BCUT2D eigenvalue weighted by molar-refractivity contribution is 0.0992. The first-order valence-electron chi connectivity index (χ1n) is 9.76. The van der Waals surface area contributed by atoms with Gasteiger partial charge in [-0.05, 0) is 75.2 Å². The van der Waals surface area contributed by atoms with E-state index in [0.717, 1.165) is 44.8 Å². The predicted octanol–water partition coefficient (Wildman–Crippen LogP) is 4.60. The van der Waals surface area contributed by atoms with E-state index in [1.807, 2.05) is 52.0 Å². The number of carbonyl (C=O) groups is 1. The second-order valence-electron chi connectivity index (χ2n) is 7.56. The van der Waals surface area contributed by atoms with Crippen molar-refractivity contribution in [3.63, 3.8) is 0 Å². The van der Waals surface area contributed by atoms with Crippen molar-refractivity contribution in [1.82, 2.24) is 19.9 Å². The third-order valence-electron chi connectivity index (χ3n) is 5.13. The van der Waals surface area contributed by atoms with Crippen LogP contribution in [0, 0.1) is 27.7 Å². The summed E-state index contributed by atoms with van der Waals surface area (Å²) >= 11 is 0. The Labute approximate surface area is 175 Å². The van der Waals surface area contributed by atoms with Crippen molar-refractivity contribution in [2.75, 3.05) is 11.9 Å². The maximum Gasteiger partial charge on any atom is 0.258 e. The number of nitrogens with zero attached hydrogens (tertiary/aromatic N) is 5. The highest BCUT2D eigenvalue weighted by Crippen LogP contribution is 2.27. The molecule has 0 bridgehead atoms. The number of hydrogen-bond donors (Lipinski definition) is 0. The summed E-state index contributed by atoms with van der Waals surface area (Å²) in [5, 5.41) is 0. The van der Waals surface area contributed by atoms with Gasteiger partial charge >= 0.3 is 0 Å². The molecule has 0 aliphatic carbocycles. The van der Waals surface area contributed by atoms with E-state index in [1.165, 1.54) is 0 Å². The monoisotopic (exact) mass is 397 g/mol. The quantitative estimate of drug-likeness (QED) is 0.505. The van der Waals surface area contributed by atoms with E-state index in [9.17, 15) is 4.79 Å². The fourth-order valence-corrected chi connectivity index (χ4v) is 3.64. The number of carbonyl (C=O) groups excluding carboxylic acids is 1. The van der Waals surface area contributed by atoms with E-state index in [-0.39, 0.29) is 5.91 Å². The largest absolute Gasteiger partial charge is 0.311 e. The lowest BCUT2D eigenvalue weighted by Crippen LogP contribution is -2.27. The zero-order chi connectivity index (χ0) is 21.4. The van der Waals surface area contributed by atoms with Gasteiger partial charge < -0.3 is 4.90 Å². The average Bonchev–Trinajstić information content (AvgIpc) is 2.72. The van der Waals surface area contributed by atoms with Crippen LogP contribution in [-0.4, -0.2) is 32.9 Å². The molecule has 4 rings (SSSR count). The highest BCUT2D eigenvalue weighted by atomic mass is 16.2. The van der Waals surface area contributed by atoms with Crippen LogP contribution in [-0.2, 0) is 0 Å². The maximum absolute atomic E-state index is 12.9. The first-order chi connectivity index (χ1) is 14.3. The number of anilines is 1. The van der Waals surface area contributed by atoms with Crippen LogP contribution in [0.25, 0.3) is 22.4 Å². The van der Waals surface area contributed by atoms with Crippen molar-refractivity contribution in [2.45, 2.75) is 27.7 Å². The zero-order valence-corrected chi connectivity index (χ0v) is 17.8. The van der Waals surface area contributed by atoms with Gasteiger partial charge in [-0.25, -0.2) is 15.0 Å². The minimum absolute atomic E-state index is 0.0737. The molecule has 0 spiro atoms. The van der Waals surface area contributed by atoms with Gasteiger partial charge in [0.1, 0.15) is 5.52 Å². The molecule has 0 radical (unpaired) electrons. The molecule has 150 valence electrons. The van der Waals surface area contributed by atoms with Crippen LogP contribution < -0.4 is 4.90 Å². The van der Waals surface area contributed by atoms with E-state index >= 15 is 0 Å². The molecule has 3 heterocycles. The first kappa shape index (κ1) is 19.6. The molecule has 4 aromatic rings. The van der Waals surface area contributed by atoms with Crippen LogP contribution in [0.3, 0.4) is 0 Å². The number of fused-ring (bicyclic) bond motifs is 1. The number of hydrogen-bond acceptors (Lipinski definition) is 5. The molecule has 3 aromatic heterocycles. The molecule has 0 aliphatic heterocycles. The normalized spacial score (nSPS) is 11.0. The molecule has 6 heteroatoms. The van der Waals surface area contributed by atoms with Gasteiger partial charge in [0.25, 0.3) is 5.91 Å². The van der Waals surface area contributed by atoms with E-state index < -0.39 is 0 Å². The van der Waals surface area contributed by atoms with Crippen molar-refractivity contribution in [3.05, 3.63) is 76.9 Å². The molecule has 0 saturated heterocycles. The third-order valence-corrected chi connectivity index (χ3v) is 5.13. The van der Waals surface area contributed by atoms with E-state index in [4.69, 9.17) is 4.98 Å². The fraction of sp³-hybridized carbons (Fsp3) is 0.208. The SMILES string of the molecule is Cc1cc(C(=O)N(C)c2ccc(-c3ncc4nc(C)cc(C)c4n3)cc2C)ccn1. The molecule has 0 aliphatic rings. The Morgan fingerprint density at radius 1 is 0.867 bits per heavy atom. The van der Waals surface area contributed by atoms with Crippen molar-refractivity contribution < 1.29 is 4.79 Å². The molecule has 0 unspecified atom stereocenters. The summed E-state index contributed by atoms with van der Waals surface area (Å²) < 4.78 is 0. The lowest BCUT2D eigenvalue weighted by atomic mass is 10.1. The highest BCUT2D eigenvalue weighted by molar-refractivity contribution is 6.06. The molecule has 30 heavy (non-hydrogen) atoms. The Balaban J connectivity index is 1.68.